The molecule has 1 aromatic heterocycles. The molecule has 3 N–H and O–H groups in total. The fourth-order valence-corrected chi connectivity index (χ4v) is 2.57. The minimum absolute atomic E-state index is 0.0418. The van der Waals surface area contributed by atoms with E-state index in [1.807, 2.05) is 17.9 Å². The van der Waals surface area contributed by atoms with Gasteiger partial charge in [0, 0.05) is 32.0 Å². The van der Waals surface area contributed by atoms with E-state index in [4.69, 9.17) is 5.73 Å². The summed E-state index contributed by atoms with van der Waals surface area (Å²) in [7, 11) is 0. The number of nitrogens with one attached hydrogen (secondary N) is 1. The maximum Gasteiger partial charge on any atom is 0.236 e. The predicted octanol–water partition coefficient (Wildman–Crippen LogP) is 0.408. The minimum atomic E-state index is -0.437. The molecule has 0 aromatic carbocycles. The molecule has 2 amide bonds. The monoisotopic (exact) mass is 291 g/mol. The fourth-order valence-electron chi connectivity index (χ4n) is 2.57. The summed E-state index contributed by atoms with van der Waals surface area (Å²) in [4.78, 5) is 32.9. The Morgan fingerprint density at radius 1 is 1.48 bits per heavy atom. The van der Waals surface area contributed by atoms with Gasteiger partial charge in [0.05, 0.1) is 12.2 Å². The Kier molecular flexibility index (Phi) is 4.72. The number of nitrogens with two attached hydrogens (primary N) is 1. The van der Waals surface area contributed by atoms with Crippen LogP contribution < -0.4 is 11.1 Å². The zero-order valence-electron chi connectivity index (χ0n) is 12.4. The predicted molar refractivity (Wildman–Crippen MR) is 78.7 cm³/mol. The van der Waals surface area contributed by atoms with Crippen molar-refractivity contribution in [1.29, 1.82) is 0 Å². The number of carbonyl (C=O) groups excluding carboxylic acids is 2. The van der Waals surface area contributed by atoms with E-state index in [0.717, 1.165) is 25.1 Å². The number of hydrogen-bond donors (Lipinski definition) is 2. The molecule has 0 bridgehead atoms. The highest BCUT2D eigenvalue weighted by molar-refractivity contribution is 5.78. The van der Waals surface area contributed by atoms with E-state index < -0.39 is 5.91 Å². The summed E-state index contributed by atoms with van der Waals surface area (Å²) in [6, 6.07) is 1.84. The van der Waals surface area contributed by atoms with E-state index in [2.05, 4.69) is 15.3 Å². The van der Waals surface area contributed by atoms with Crippen LogP contribution in [-0.2, 0) is 9.59 Å². The van der Waals surface area contributed by atoms with Crippen molar-refractivity contribution >= 4 is 17.6 Å². The van der Waals surface area contributed by atoms with E-state index in [1.165, 1.54) is 0 Å². The zero-order valence-corrected chi connectivity index (χ0v) is 12.4. The van der Waals surface area contributed by atoms with Crippen molar-refractivity contribution in [3.63, 3.8) is 0 Å². The molecule has 2 rings (SSSR count). The van der Waals surface area contributed by atoms with E-state index in [1.54, 1.807) is 6.92 Å². The Bertz CT molecular complexity index is 546. The molecule has 1 fully saturated rings. The average Bonchev–Trinajstić information content (AvgIpc) is 2.44. The van der Waals surface area contributed by atoms with Gasteiger partial charge in [0.15, 0.2) is 0 Å². The van der Waals surface area contributed by atoms with Crippen molar-refractivity contribution in [2.75, 3.05) is 25.0 Å². The maximum atomic E-state index is 11.5. The van der Waals surface area contributed by atoms with E-state index in [-0.39, 0.29) is 18.4 Å². The third-order valence-corrected chi connectivity index (χ3v) is 3.59. The van der Waals surface area contributed by atoms with Gasteiger partial charge in [-0.05, 0) is 19.8 Å². The van der Waals surface area contributed by atoms with Crippen LogP contribution in [-0.4, -0.2) is 46.3 Å². The number of primary amides is 1. The van der Waals surface area contributed by atoms with E-state index >= 15 is 0 Å². The van der Waals surface area contributed by atoms with Crippen LogP contribution in [0.4, 0.5) is 5.82 Å². The Morgan fingerprint density at radius 3 is 2.90 bits per heavy atom. The van der Waals surface area contributed by atoms with Gasteiger partial charge in [0.25, 0.3) is 0 Å². The first-order chi connectivity index (χ1) is 9.95. The lowest BCUT2D eigenvalue weighted by Gasteiger charge is -2.31. The van der Waals surface area contributed by atoms with Gasteiger partial charge in [-0.25, -0.2) is 9.97 Å². The number of aromatic nitrogens is 2. The van der Waals surface area contributed by atoms with Crippen molar-refractivity contribution in [2.24, 2.45) is 5.73 Å². The summed E-state index contributed by atoms with van der Waals surface area (Å²) in [6.45, 7) is 4.93. The molecule has 0 spiro atoms. The SMILES string of the molecule is CC(=O)N1CCCC(c2cc(NCC(N)=O)nc(C)n2)C1. The molecular formula is C14H21N5O2. The largest absolute Gasteiger partial charge is 0.368 e. The van der Waals surface area contributed by atoms with Crippen molar-refractivity contribution in [1.82, 2.24) is 14.9 Å². The molecule has 1 unspecified atom stereocenters. The summed E-state index contributed by atoms with van der Waals surface area (Å²) in [5, 5.41) is 2.89. The van der Waals surface area contributed by atoms with Crippen LogP contribution in [0.25, 0.3) is 0 Å². The third kappa shape index (κ3) is 4.14. The number of rotatable bonds is 4. The second-order valence-electron chi connectivity index (χ2n) is 5.35. The molecule has 1 atom stereocenters. The van der Waals surface area contributed by atoms with Gasteiger partial charge in [0.1, 0.15) is 11.6 Å². The second kappa shape index (κ2) is 6.51. The second-order valence-corrected chi connectivity index (χ2v) is 5.35. The summed E-state index contributed by atoms with van der Waals surface area (Å²) in [5.74, 6) is 1.10. The minimum Gasteiger partial charge on any atom is -0.368 e. The molecule has 0 radical (unpaired) electrons. The summed E-state index contributed by atoms with van der Waals surface area (Å²) in [6.07, 6.45) is 1.97. The normalized spacial score (nSPS) is 18.4. The van der Waals surface area contributed by atoms with Crippen molar-refractivity contribution in [3.05, 3.63) is 17.6 Å². The molecule has 2 heterocycles. The van der Waals surface area contributed by atoms with Gasteiger partial charge >= 0.3 is 0 Å². The molecular weight excluding hydrogens is 270 g/mol. The number of aryl methyl sites for hydroxylation is 1. The number of nitrogens with zero attached hydrogens (tertiary/aromatic N) is 3. The van der Waals surface area contributed by atoms with E-state index in [0.29, 0.717) is 18.2 Å². The highest BCUT2D eigenvalue weighted by Gasteiger charge is 2.24. The Morgan fingerprint density at radius 2 is 2.24 bits per heavy atom. The number of amides is 2. The van der Waals surface area contributed by atoms with Gasteiger partial charge in [-0.1, -0.05) is 0 Å². The fraction of sp³-hybridized carbons (Fsp3) is 0.571. The van der Waals surface area contributed by atoms with Crippen LogP contribution in [0.3, 0.4) is 0 Å². The smallest absolute Gasteiger partial charge is 0.236 e. The van der Waals surface area contributed by atoms with Crippen molar-refractivity contribution in [2.45, 2.75) is 32.6 Å². The highest BCUT2D eigenvalue weighted by atomic mass is 16.2. The first-order valence-electron chi connectivity index (χ1n) is 7.09. The third-order valence-electron chi connectivity index (χ3n) is 3.59. The molecule has 1 aliphatic heterocycles. The molecule has 1 aliphatic rings. The summed E-state index contributed by atoms with van der Waals surface area (Å²) < 4.78 is 0. The zero-order chi connectivity index (χ0) is 15.4. The summed E-state index contributed by atoms with van der Waals surface area (Å²) in [5.41, 5.74) is 6.02. The van der Waals surface area contributed by atoms with Gasteiger partial charge in [-0.2, -0.15) is 0 Å². The number of anilines is 1. The molecule has 7 heteroatoms. The van der Waals surface area contributed by atoms with Gasteiger partial charge in [-0.15, -0.1) is 0 Å². The standard InChI is InChI=1S/C14H21N5O2/c1-9-17-12(6-14(18-9)16-7-13(15)21)11-4-3-5-19(8-11)10(2)20/h6,11H,3-5,7-8H2,1-2H3,(H2,15,21)(H,16,17,18). The summed E-state index contributed by atoms with van der Waals surface area (Å²) >= 11 is 0. The van der Waals surface area contributed by atoms with Crippen molar-refractivity contribution < 1.29 is 9.59 Å². The molecule has 1 aromatic rings. The number of likely N-dealkylation sites (tertiary alicyclic amines) is 1. The van der Waals surface area contributed by atoms with Crippen molar-refractivity contribution in [3.8, 4) is 0 Å². The van der Waals surface area contributed by atoms with Gasteiger partial charge in [-0.3, -0.25) is 9.59 Å². The number of piperidine rings is 1. The first kappa shape index (κ1) is 15.2. The molecule has 0 aliphatic carbocycles. The Hall–Kier alpha value is -2.18. The van der Waals surface area contributed by atoms with Gasteiger partial charge in [0.2, 0.25) is 11.8 Å². The van der Waals surface area contributed by atoms with Crippen LogP contribution in [0.1, 0.15) is 37.2 Å². The number of hydrogen-bond acceptors (Lipinski definition) is 5. The number of carbonyl (C=O) groups is 2. The van der Waals surface area contributed by atoms with Crippen LogP contribution in [0, 0.1) is 6.92 Å². The van der Waals surface area contributed by atoms with Gasteiger partial charge < -0.3 is 16.0 Å². The Labute approximate surface area is 123 Å². The molecule has 0 saturated carbocycles. The lowest BCUT2D eigenvalue weighted by molar-refractivity contribution is -0.130. The molecule has 21 heavy (non-hydrogen) atoms. The molecule has 114 valence electrons. The lowest BCUT2D eigenvalue weighted by Crippen LogP contribution is -2.38. The maximum absolute atomic E-state index is 11.5. The van der Waals surface area contributed by atoms with Crippen LogP contribution in [0.15, 0.2) is 6.07 Å². The topological polar surface area (TPSA) is 101 Å². The average molecular weight is 291 g/mol. The van der Waals surface area contributed by atoms with E-state index in [9.17, 15) is 9.59 Å². The quantitative estimate of drug-likeness (QED) is 0.836. The van der Waals surface area contributed by atoms with Crippen LogP contribution >= 0.6 is 0 Å². The van der Waals surface area contributed by atoms with Crippen LogP contribution in [0.5, 0.6) is 0 Å². The molecule has 1 saturated heterocycles. The highest BCUT2D eigenvalue weighted by Crippen LogP contribution is 2.26. The first-order valence-corrected chi connectivity index (χ1v) is 7.09. The lowest BCUT2D eigenvalue weighted by atomic mass is 9.94. The Balaban J connectivity index is 2.14. The van der Waals surface area contributed by atoms with Crippen LogP contribution in [0.2, 0.25) is 0 Å². The molecule has 7 nitrogen and oxygen atoms in total.